The molecule has 1 aliphatic rings. The van der Waals surface area contributed by atoms with Crippen LogP contribution < -0.4 is 5.32 Å². The van der Waals surface area contributed by atoms with E-state index in [2.05, 4.69) is 39.5 Å². The Kier molecular flexibility index (Phi) is 5.27. The smallest absolute Gasteiger partial charge is 0.194 e. The monoisotopic (exact) mass is 397 g/mol. The van der Waals surface area contributed by atoms with Gasteiger partial charge in [0.15, 0.2) is 5.96 Å². The molecule has 1 aromatic heterocycles. The summed E-state index contributed by atoms with van der Waals surface area (Å²) in [6, 6.07) is 12.7. The number of guanidine groups is 1. The summed E-state index contributed by atoms with van der Waals surface area (Å²) in [5.41, 5.74) is 2.47. The van der Waals surface area contributed by atoms with Gasteiger partial charge >= 0.3 is 0 Å². The fourth-order valence-electron chi connectivity index (χ4n) is 2.44. The predicted molar refractivity (Wildman–Crippen MR) is 94.9 cm³/mol. The summed E-state index contributed by atoms with van der Waals surface area (Å²) in [6.45, 7) is 3.57. The van der Waals surface area contributed by atoms with Crippen molar-refractivity contribution in [3.8, 4) is 0 Å². The summed E-state index contributed by atoms with van der Waals surface area (Å²) in [5, 5.41) is 3.48. The molecular formula is C16H20IN3O. The molecule has 2 aromatic rings. The zero-order valence-electron chi connectivity index (χ0n) is 12.2. The van der Waals surface area contributed by atoms with E-state index >= 15 is 0 Å². The van der Waals surface area contributed by atoms with Gasteiger partial charge in [0.2, 0.25) is 0 Å². The van der Waals surface area contributed by atoms with Crippen molar-refractivity contribution in [2.45, 2.75) is 19.5 Å². The van der Waals surface area contributed by atoms with Gasteiger partial charge < -0.3 is 14.6 Å². The van der Waals surface area contributed by atoms with E-state index in [4.69, 9.17) is 4.42 Å². The molecule has 0 saturated heterocycles. The van der Waals surface area contributed by atoms with Gasteiger partial charge in [-0.2, -0.15) is 0 Å². The van der Waals surface area contributed by atoms with Crippen LogP contribution in [0.4, 0.5) is 0 Å². The van der Waals surface area contributed by atoms with Crippen LogP contribution in [0.1, 0.15) is 22.9 Å². The Morgan fingerprint density at radius 1 is 1.29 bits per heavy atom. The van der Waals surface area contributed by atoms with Crippen molar-refractivity contribution in [1.82, 2.24) is 10.2 Å². The first-order valence-electron chi connectivity index (χ1n) is 6.84. The topological polar surface area (TPSA) is 40.8 Å². The number of halogens is 1. The number of nitrogens with one attached hydrogen (secondary N) is 1. The first kappa shape index (κ1) is 15.9. The molecule has 0 spiro atoms. The molecule has 1 unspecified atom stereocenters. The molecule has 21 heavy (non-hydrogen) atoms. The van der Waals surface area contributed by atoms with Gasteiger partial charge in [-0.05, 0) is 18.6 Å². The Morgan fingerprint density at radius 3 is 2.71 bits per heavy atom. The van der Waals surface area contributed by atoms with Crippen molar-refractivity contribution in [2.24, 2.45) is 4.99 Å². The second-order valence-corrected chi connectivity index (χ2v) is 5.13. The molecule has 0 aliphatic carbocycles. The average Bonchev–Trinajstić information content (AvgIpc) is 3.10. The number of hydrogen-bond donors (Lipinski definition) is 1. The van der Waals surface area contributed by atoms with Crippen molar-refractivity contribution in [2.75, 3.05) is 13.6 Å². The number of hydrogen-bond acceptors (Lipinski definition) is 4. The molecule has 1 atom stereocenters. The molecular weight excluding hydrogens is 377 g/mol. The minimum absolute atomic E-state index is 0. The number of furan rings is 1. The van der Waals surface area contributed by atoms with Crippen LogP contribution in [0.5, 0.6) is 0 Å². The Labute approximate surface area is 142 Å². The lowest BCUT2D eigenvalue weighted by atomic mass is 10.1. The summed E-state index contributed by atoms with van der Waals surface area (Å²) >= 11 is 0. The van der Waals surface area contributed by atoms with Crippen molar-refractivity contribution in [3.63, 3.8) is 0 Å². The first-order valence-corrected chi connectivity index (χ1v) is 6.84. The molecule has 4 nitrogen and oxygen atoms in total. The lowest BCUT2D eigenvalue weighted by molar-refractivity contribution is 0.466. The van der Waals surface area contributed by atoms with Crippen LogP contribution >= 0.6 is 24.0 Å². The number of benzene rings is 1. The Hall–Kier alpha value is -1.50. The minimum atomic E-state index is 0. The van der Waals surface area contributed by atoms with Gasteiger partial charge in [0, 0.05) is 19.2 Å². The van der Waals surface area contributed by atoms with Crippen LogP contribution in [0.2, 0.25) is 0 Å². The van der Waals surface area contributed by atoms with E-state index in [1.807, 2.05) is 26.1 Å². The van der Waals surface area contributed by atoms with Crippen molar-refractivity contribution >= 4 is 29.9 Å². The molecule has 3 rings (SSSR count). The third-order valence-electron chi connectivity index (χ3n) is 3.66. The van der Waals surface area contributed by atoms with Crippen LogP contribution in [-0.2, 0) is 6.54 Å². The summed E-state index contributed by atoms with van der Waals surface area (Å²) in [6.07, 6.45) is 1.73. The van der Waals surface area contributed by atoms with Crippen molar-refractivity contribution < 1.29 is 4.42 Å². The van der Waals surface area contributed by atoms with Crippen molar-refractivity contribution in [3.05, 3.63) is 59.5 Å². The minimum Gasteiger partial charge on any atom is -0.469 e. The van der Waals surface area contributed by atoms with Crippen LogP contribution in [0.3, 0.4) is 0 Å². The van der Waals surface area contributed by atoms with Gasteiger partial charge in [-0.25, -0.2) is 0 Å². The summed E-state index contributed by atoms with van der Waals surface area (Å²) in [7, 11) is 2.05. The van der Waals surface area contributed by atoms with E-state index in [1.165, 1.54) is 11.1 Å². The average molecular weight is 397 g/mol. The number of aliphatic imine (C=N–C) groups is 1. The maximum Gasteiger partial charge on any atom is 0.194 e. The lowest BCUT2D eigenvalue weighted by Crippen LogP contribution is -2.36. The maximum absolute atomic E-state index is 5.33. The van der Waals surface area contributed by atoms with Gasteiger partial charge in [-0.1, -0.05) is 30.3 Å². The molecule has 112 valence electrons. The predicted octanol–water partition coefficient (Wildman–Crippen LogP) is 3.34. The molecule has 1 aromatic carbocycles. The van der Waals surface area contributed by atoms with E-state index in [-0.39, 0.29) is 30.0 Å². The molecule has 0 saturated carbocycles. The van der Waals surface area contributed by atoms with Crippen LogP contribution in [0, 0.1) is 6.92 Å². The highest BCUT2D eigenvalue weighted by Crippen LogP contribution is 2.18. The highest BCUT2D eigenvalue weighted by Gasteiger charge is 2.21. The zero-order chi connectivity index (χ0) is 13.9. The third-order valence-corrected chi connectivity index (χ3v) is 3.66. The number of rotatable bonds is 3. The Morgan fingerprint density at radius 2 is 2.05 bits per heavy atom. The Balaban J connectivity index is 0.00000161. The van der Waals surface area contributed by atoms with Gasteiger partial charge in [0.05, 0.1) is 18.8 Å². The molecule has 0 radical (unpaired) electrons. The highest BCUT2D eigenvalue weighted by atomic mass is 127. The maximum atomic E-state index is 5.33. The summed E-state index contributed by atoms with van der Waals surface area (Å²) in [5.74, 6) is 1.91. The Bertz CT molecular complexity index is 609. The third kappa shape index (κ3) is 3.58. The SMILES string of the molecule is Cc1occc1CN(C)C1=NCC(c2ccccc2)N1.I. The quantitative estimate of drug-likeness (QED) is 0.808. The van der Waals surface area contributed by atoms with E-state index in [1.54, 1.807) is 6.26 Å². The summed E-state index contributed by atoms with van der Waals surface area (Å²) < 4.78 is 5.33. The van der Waals surface area contributed by atoms with Gasteiger partial charge in [0.1, 0.15) is 5.76 Å². The molecule has 2 heterocycles. The molecule has 1 N–H and O–H groups in total. The number of aryl methyl sites for hydroxylation is 1. The van der Waals surface area contributed by atoms with E-state index in [0.29, 0.717) is 0 Å². The fraction of sp³-hybridized carbons (Fsp3) is 0.312. The van der Waals surface area contributed by atoms with E-state index in [0.717, 1.165) is 24.8 Å². The zero-order valence-corrected chi connectivity index (χ0v) is 14.6. The van der Waals surface area contributed by atoms with Crippen LogP contribution in [-0.4, -0.2) is 24.5 Å². The fourth-order valence-corrected chi connectivity index (χ4v) is 2.44. The molecule has 5 heteroatoms. The van der Waals surface area contributed by atoms with Crippen LogP contribution in [0.15, 0.2) is 52.1 Å². The largest absolute Gasteiger partial charge is 0.469 e. The van der Waals surface area contributed by atoms with Crippen molar-refractivity contribution in [1.29, 1.82) is 0 Å². The van der Waals surface area contributed by atoms with Gasteiger partial charge in [-0.3, -0.25) is 4.99 Å². The van der Waals surface area contributed by atoms with Gasteiger partial charge in [0.25, 0.3) is 0 Å². The first-order chi connectivity index (χ1) is 9.74. The summed E-state index contributed by atoms with van der Waals surface area (Å²) in [4.78, 5) is 6.73. The molecule has 1 aliphatic heterocycles. The van der Waals surface area contributed by atoms with Crippen LogP contribution in [0.25, 0.3) is 0 Å². The van der Waals surface area contributed by atoms with E-state index < -0.39 is 0 Å². The number of nitrogens with zero attached hydrogens (tertiary/aromatic N) is 2. The molecule has 0 bridgehead atoms. The highest BCUT2D eigenvalue weighted by molar-refractivity contribution is 14.0. The second kappa shape index (κ2) is 6.98. The normalized spacial score (nSPS) is 16.9. The molecule has 0 amide bonds. The van der Waals surface area contributed by atoms with E-state index in [9.17, 15) is 0 Å². The standard InChI is InChI=1S/C16H19N3O.HI/c1-12-14(8-9-20-12)11-19(2)16-17-10-15(18-16)13-6-4-3-5-7-13;/h3-9,15H,10-11H2,1-2H3,(H,17,18);1H. The second-order valence-electron chi connectivity index (χ2n) is 5.13. The molecule has 0 fully saturated rings. The lowest BCUT2D eigenvalue weighted by Gasteiger charge is -2.20. The van der Waals surface area contributed by atoms with Gasteiger partial charge in [-0.15, -0.1) is 24.0 Å².